The lowest BCUT2D eigenvalue weighted by molar-refractivity contribution is 0.298. The minimum Gasteiger partial charge on any atom is -0.396 e. The molecule has 2 heterocycles. The van der Waals surface area contributed by atoms with Crippen LogP contribution in [0.5, 0.6) is 0 Å². The summed E-state index contributed by atoms with van der Waals surface area (Å²) in [4.78, 5) is 21.3. The van der Waals surface area contributed by atoms with E-state index in [0.29, 0.717) is 23.6 Å². The predicted molar refractivity (Wildman–Crippen MR) is 70.1 cm³/mol. The van der Waals surface area contributed by atoms with Gasteiger partial charge in [0.15, 0.2) is 0 Å². The largest absolute Gasteiger partial charge is 0.396 e. The zero-order valence-corrected chi connectivity index (χ0v) is 10.7. The van der Waals surface area contributed by atoms with Gasteiger partial charge in [-0.05, 0) is 19.9 Å². The first kappa shape index (κ1) is 13.0. The number of hydrogen-bond acceptors (Lipinski definition) is 5. The Balaban J connectivity index is 2.26. The molecule has 1 aromatic rings. The lowest BCUT2D eigenvalue weighted by atomic mass is 10.2. The molecular weight excluding hydrogens is 232 g/mol. The van der Waals surface area contributed by atoms with Crippen LogP contribution in [0.1, 0.15) is 17.7 Å². The number of aromatic nitrogens is 2. The normalized spacial score (nSPS) is 16.7. The fourth-order valence-electron chi connectivity index (χ4n) is 2.21. The summed E-state index contributed by atoms with van der Waals surface area (Å²) >= 11 is 0. The Bertz CT molecular complexity index is 450. The van der Waals surface area contributed by atoms with Gasteiger partial charge in [-0.15, -0.1) is 0 Å². The molecular formula is C12H20N4O2. The van der Waals surface area contributed by atoms with Gasteiger partial charge in [0.1, 0.15) is 0 Å². The Morgan fingerprint density at radius 3 is 2.94 bits per heavy atom. The molecule has 1 aromatic heterocycles. The van der Waals surface area contributed by atoms with E-state index in [-0.39, 0.29) is 12.2 Å². The summed E-state index contributed by atoms with van der Waals surface area (Å²) < 4.78 is 0. The summed E-state index contributed by atoms with van der Waals surface area (Å²) in [5.41, 5.74) is 1.15. The van der Waals surface area contributed by atoms with Crippen LogP contribution >= 0.6 is 0 Å². The molecule has 18 heavy (non-hydrogen) atoms. The lowest BCUT2D eigenvalue weighted by Crippen LogP contribution is -2.32. The van der Waals surface area contributed by atoms with Gasteiger partial charge in [-0.3, -0.25) is 9.78 Å². The maximum absolute atomic E-state index is 11.9. The molecule has 0 bridgehead atoms. The monoisotopic (exact) mass is 252 g/mol. The lowest BCUT2D eigenvalue weighted by Gasteiger charge is -2.21. The van der Waals surface area contributed by atoms with Crippen LogP contribution in [0.25, 0.3) is 0 Å². The molecule has 6 nitrogen and oxygen atoms in total. The van der Waals surface area contributed by atoms with Crippen molar-refractivity contribution >= 4 is 5.95 Å². The minimum absolute atomic E-state index is 0.0292. The number of nitrogens with zero attached hydrogens (tertiary/aromatic N) is 2. The van der Waals surface area contributed by atoms with E-state index in [0.717, 1.165) is 32.6 Å². The standard InChI is InChI=1S/C12H20N4O2/c1-9-10(3-8-17)11(18)15-12(14-9)16-6-2-4-13-5-7-16/h13,17H,2-8H2,1H3,(H,14,15,18). The molecule has 0 amide bonds. The van der Waals surface area contributed by atoms with Crippen molar-refractivity contribution in [3.05, 3.63) is 21.6 Å². The highest BCUT2D eigenvalue weighted by atomic mass is 16.3. The van der Waals surface area contributed by atoms with Gasteiger partial charge in [0.2, 0.25) is 5.95 Å². The molecule has 0 aliphatic carbocycles. The van der Waals surface area contributed by atoms with Crippen molar-refractivity contribution in [2.24, 2.45) is 0 Å². The number of rotatable bonds is 3. The molecule has 1 fully saturated rings. The highest BCUT2D eigenvalue weighted by Gasteiger charge is 2.14. The van der Waals surface area contributed by atoms with E-state index in [4.69, 9.17) is 5.11 Å². The second-order valence-corrected chi connectivity index (χ2v) is 4.52. The highest BCUT2D eigenvalue weighted by Crippen LogP contribution is 2.09. The van der Waals surface area contributed by atoms with Gasteiger partial charge >= 0.3 is 0 Å². The molecule has 3 N–H and O–H groups in total. The zero-order valence-electron chi connectivity index (χ0n) is 10.7. The summed E-state index contributed by atoms with van der Waals surface area (Å²) in [6.45, 7) is 5.44. The first-order valence-corrected chi connectivity index (χ1v) is 6.38. The van der Waals surface area contributed by atoms with Gasteiger partial charge in [-0.25, -0.2) is 4.98 Å². The second-order valence-electron chi connectivity index (χ2n) is 4.52. The number of anilines is 1. The van der Waals surface area contributed by atoms with Crippen molar-refractivity contribution in [3.63, 3.8) is 0 Å². The highest BCUT2D eigenvalue weighted by molar-refractivity contribution is 5.33. The molecule has 6 heteroatoms. The van der Waals surface area contributed by atoms with Crippen LogP contribution in [-0.4, -0.2) is 47.9 Å². The first-order valence-electron chi connectivity index (χ1n) is 6.38. The number of aliphatic hydroxyl groups excluding tert-OH is 1. The Labute approximate surface area is 106 Å². The number of aromatic amines is 1. The Kier molecular flexibility index (Phi) is 4.33. The fraction of sp³-hybridized carbons (Fsp3) is 0.667. The van der Waals surface area contributed by atoms with Crippen LogP contribution < -0.4 is 15.8 Å². The first-order chi connectivity index (χ1) is 8.72. The Morgan fingerprint density at radius 1 is 1.39 bits per heavy atom. The van der Waals surface area contributed by atoms with Crippen LogP contribution in [-0.2, 0) is 6.42 Å². The maximum Gasteiger partial charge on any atom is 0.255 e. The molecule has 0 unspecified atom stereocenters. The molecule has 2 rings (SSSR count). The van der Waals surface area contributed by atoms with Crippen LogP contribution in [0.3, 0.4) is 0 Å². The van der Waals surface area contributed by atoms with Gasteiger partial charge in [0.25, 0.3) is 5.56 Å². The smallest absolute Gasteiger partial charge is 0.255 e. The summed E-state index contributed by atoms with van der Waals surface area (Å²) in [5, 5.41) is 12.2. The number of aryl methyl sites for hydroxylation is 1. The average Bonchev–Trinajstić information content (AvgIpc) is 2.62. The van der Waals surface area contributed by atoms with Crippen molar-refractivity contribution in [2.45, 2.75) is 19.8 Å². The van der Waals surface area contributed by atoms with Crippen molar-refractivity contribution in [2.75, 3.05) is 37.7 Å². The summed E-state index contributed by atoms with van der Waals surface area (Å²) in [7, 11) is 0. The van der Waals surface area contributed by atoms with E-state index in [2.05, 4.69) is 20.2 Å². The molecule has 100 valence electrons. The van der Waals surface area contributed by atoms with Crippen LogP contribution in [0.15, 0.2) is 4.79 Å². The van der Waals surface area contributed by atoms with Crippen LogP contribution in [0.4, 0.5) is 5.95 Å². The number of H-pyrrole nitrogens is 1. The van der Waals surface area contributed by atoms with Crippen molar-refractivity contribution in [1.29, 1.82) is 0 Å². The van der Waals surface area contributed by atoms with E-state index < -0.39 is 0 Å². The van der Waals surface area contributed by atoms with Gasteiger partial charge in [0.05, 0.1) is 5.69 Å². The third-order valence-corrected chi connectivity index (χ3v) is 3.21. The molecule has 1 aliphatic heterocycles. The molecule has 0 radical (unpaired) electrons. The van der Waals surface area contributed by atoms with Crippen LogP contribution in [0.2, 0.25) is 0 Å². The van der Waals surface area contributed by atoms with E-state index in [9.17, 15) is 4.79 Å². The minimum atomic E-state index is -0.135. The van der Waals surface area contributed by atoms with Gasteiger partial charge in [0, 0.05) is 38.2 Å². The third kappa shape index (κ3) is 2.88. The number of nitrogens with one attached hydrogen (secondary N) is 2. The maximum atomic E-state index is 11.9. The van der Waals surface area contributed by atoms with E-state index >= 15 is 0 Å². The SMILES string of the molecule is Cc1nc(N2CCCNCC2)[nH]c(=O)c1CCO. The van der Waals surface area contributed by atoms with Crippen molar-refractivity contribution < 1.29 is 5.11 Å². The number of aliphatic hydroxyl groups is 1. The van der Waals surface area contributed by atoms with E-state index in [1.807, 2.05) is 6.92 Å². The van der Waals surface area contributed by atoms with E-state index in [1.165, 1.54) is 0 Å². The average molecular weight is 252 g/mol. The van der Waals surface area contributed by atoms with Crippen molar-refractivity contribution in [1.82, 2.24) is 15.3 Å². The number of hydrogen-bond donors (Lipinski definition) is 3. The zero-order chi connectivity index (χ0) is 13.0. The molecule has 0 saturated carbocycles. The second kappa shape index (κ2) is 5.97. The summed E-state index contributed by atoms with van der Waals surface area (Å²) in [6, 6.07) is 0. The Hall–Kier alpha value is -1.40. The van der Waals surface area contributed by atoms with Crippen molar-refractivity contribution in [3.8, 4) is 0 Å². The van der Waals surface area contributed by atoms with Crippen LogP contribution in [0, 0.1) is 6.92 Å². The topological polar surface area (TPSA) is 81.2 Å². The van der Waals surface area contributed by atoms with Gasteiger partial charge < -0.3 is 15.3 Å². The molecule has 0 spiro atoms. The van der Waals surface area contributed by atoms with E-state index in [1.54, 1.807) is 0 Å². The predicted octanol–water partition coefficient (Wildman–Crippen LogP) is -0.587. The Morgan fingerprint density at radius 2 is 2.22 bits per heavy atom. The van der Waals surface area contributed by atoms with Gasteiger partial charge in [-0.2, -0.15) is 0 Å². The summed E-state index contributed by atoms with van der Waals surface area (Å²) in [6.07, 6.45) is 1.40. The molecule has 1 saturated heterocycles. The third-order valence-electron chi connectivity index (χ3n) is 3.21. The molecule has 0 aromatic carbocycles. The fourth-order valence-corrected chi connectivity index (χ4v) is 2.21. The summed E-state index contributed by atoms with van der Waals surface area (Å²) in [5.74, 6) is 0.642. The quantitative estimate of drug-likeness (QED) is 0.670. The molecule has 1 aliphatic rings. The molecule has 0 atom stereocenters. The van der Waals surface area contributed by atoms with Gasteiger partial charge in [-0.1, -0.05) is 0 Å².